The molecule has 0 saturated heterocycles. The quantitative estimate of drug-likeness (QED) is 0.229. The van der Waals surface area contributed by atoms with Crippen LogP contribution in [-0.4, -0.2) is 26.5 Å². The van der Waals surface area contributed by atoms with Gasteiger partial charge in [0.25, 0.3) is 5.69 Å². The first-order chi connectivity index (χ1) is 17.1. The number of anilines is 2. The SMILES string of the molecule is O=C1Nc2ccc([N+](=O)[O-])cc2C1C(=Nc1ccc(CNc2ncccn2)cc1)c1ccccc1. The minimum Gasteiger partial charge on any atom is -0.350 e. The predicted octanol–water partition coefficient (Wildman–Crippen LogP) is 4.85. The van der Waals surface area contributed by atoms with E-state index in [4.69, 9.17) is 4.99 Å². The monoisotopic (exact) mass is 464 g/mol. The lowest BCUT2D eigenvalue weighted by Gasteiger charge is -2.14. The van der Waals surface area contributed by atoms with Gasteiger partial charge in [0.2, 0.25) is 11.9 Å². The molecule has 1 aliphatic rings. The van der Waals surface area contributed by atoms with Crippen LogP contribution in [0.3, 0.4) is 0 Å². The van der Waals surface area contributed by atoms with Gasteiger partial charge in [0.15, 0.2) is 0 Å². The number of nitrogens with one attached hydrogen (secondary N) is 2. The molecule has 2 N–H and O–H groups in total. The van der Waals surface area contributed by atoms with Crippen LogP contribution in [0.4, 0.5) is 23.0 Å². The number of hydrogen-bond acceptors (Lipinski definition) is 7. The van der Waals surface area contributed by atoms with Crippen LogP contribution in [0.2, 0.25) is 0 Å². The van der Waals surface area contributed by atoms with Crippen LogP contribution >= 0.6 is 0 Å². The third-order valence-corrected chi connectivity index (χ3v) is 5.62. The number of nitro benzene ring substituents is 1. The second-order valence-electron chi connectivity index (χ2n) is 7.91. The molecule has 5 rings (SSSR count). The lowest BCUT2D eigenvalue weighted by molar-refractivity contribution is -0.384. The van der Waals surface area contributed by atoms with Gasteiger partial charge in [-0.25, -0.2) is 9.97 Å². The molecule has 1 aliphatic heterocycles. The van der Waals surface area contributed by atoms with Crippen LogP contribution in [-0.2, 0) is 11.3 Å². The van der Waals surface area contributed by atoms with Gasteiger partial charge in [-0.15, -0.1) is 0 Å². The highest BCUT2D eigenvalue weighted by Crippen LogP contribution is 2.38. The Morgan fingerprint density at radius 3 is 2.46 bits per heavy atom. The smallest absolute Gasteiger partial charge is 0.269 e. The van der Waals surface area contributed by atoms with E-state index < -0.39 is 10.8 Å². The first kappa shape index (κ1) is 21.9. The highest BCUT2D eigenvalue weighted by molar-refractivity contribution is 6.24. The molecule has 9 nitrogen and oxygen atoms in total. The molecular weight excluding hydrogens is 444 g/mol. The number of hydrogen-bond donors (Lipinski definition) is 2. The first-order valence-electron chi connectivity index (χ1n) is 10.9. The van der Waals surface area contributed by atoms with Gasteiger partial charge in [-0.1, -0.05) is 42.5 Å². The fourth-order valence-electron chi connectivity index (χ4n) is 3.94. The van der Waals surface area contributed by atoms with Crippen molar-refractivity contribution in [2.75, 3.05) is 10.6 Å². The van der Waals surface area contributed by atoms with E-state index in [0.717, 1.165) is 11.1 Å². The van der Waals surface area contributed by atoms with E-state index in [0.29, 0.717) is 35.1 Å². The summed E-state index contributed by atoms with van der Waals surface area (Å²) in [7, 11) is 0. The zero-order chi connectivity index (χ0) is 24.2. The predicted molar refractivity (Wildman–Crippen MR) is 133 cm³/mol. The number of carbonyl (C=O) groups excluding carboxylic acids is 1. The van der Waals surface area contributed by atoms with Gasteiger partial charge in [0.1, 0.15) is 5.92 Å². The summed E-state index contributed by atoms with van der Waals surface area (Å²) in [6.45, 7) is 0.543. The van der Waals surface area contributed by atoms with Crippen molar-refractivity contribution in [2.45, 2.75) is 12.5 Å². The Hall–Kier alpha value is -4.92. The Morgan fingerprint density at radius 2 is 1.74 bits per heavy atom. The van der Waals surface area contributed by atoms with Crippen LogP contribution in [0.15, 0.2) is 96.2 Å². The van der Waals surface area contributed by atoms with E-state index in [1.54, 1.807) is 24.5 Å². The molecule has 1 aromatic heterocycles. The van der Waals surface area contributed by atoms with Gasteiger partial charge >= 0.3 is 0 Å². The third-order valence-electron chi connectivity index (χ3n) is 5.62. The number of aliphatic imine (C=N–C) groups is 1. The van der Waals surface area contributed by atoms with Crippen molar-refractivity contribution >= 4 is 34.6 Å². The van der Waals surface area contributed by atoms with Gasteiger partial charge in [-0.2, -0.15) is 0 Å². The number of carbonyl (C=O) groups is 1. The molecule has 0 spiro atoms. The van der Waals surface area contributed by atoms with Crippen molar-refractivity contribution < 1.29 is 9.72 Å². The van der Waals surface area contributed by atoms with E-state index >= 15 is 0 Å². The molecule has 0 radical (unpaired) electrons. The largest absolute Gasteiger partial charge is 0.350 e. The number of non-ortho nitro benzene ring substituents is 1. The Labute approximate surface area is 200 Å². The average molecular weight is 464 g/mol. The molecule has 172 valence electrons. The van der Waals surface area contributed by atoms with Crippen molar-refractivity contribution in [3.63, 3.8) is 0 Å². The van der Waals surface area contributed by atoms with E-state index in [-0.39, 0.29) is 11.6 Å². The molecule has 1 atom stereocenters. The van der Waals surface area contributed by atoms with Crippen molar-refractivity contribution in [1.82, 2.24) is 9.97 Å². The number of amides is 1. The second-order valence-corrected chi connectivity index (χ2v) is 7.91. The van der Waals surface area contributed by atoms with Crippen molar-refractivity contribution in [2.24, 2.45) is 4.99 Å². The summed E-state index contributed by atoms with van der Waals surface area (Å²) in [5, 5.41) is 17.3. The average Bonchev–Trinajstić information content (AvgIpc) is 3.22. The summed E-state index contributed by atoms with van der Waals surface area (Å²) >= 11 is 0. The zero-order valence-electron chi connectivity index (χ0n) is 18.5. The maximum absolute atomic E-state index is 13.0. The topological polar surface area (TPSA) is 122 Å². The maximum Gasteiger partial charge on any atom is 0.269 e. The standard InChI is InChI=1S/C26H20N6O3/c33-25-23(21-15-20(32(34)35)11-12-22(21)31-25)24(18-5-2-1-3-6-18)30-19-9-7-17(8-10-19)16-29-26-27-13-4-14-28-26/h1-15,23H,16H2,(H,31,33)(H,27,28,29). The molecule has 0 aliphatic carbocycles. The van der Waals surface area contributed by atoms with Crippen molar-refractivity contribution in [3.05, 3.63) is 118 Å². The minimum atomic E-state index is -0.774. The molecule has 4 aromatic rings. The van der Waals surface area contributed by atoms with Gasteiger partial charge in [0, 0.05) is 42.3 Å². The molecule has 3 aromatic carbocycles. The summed E-state index contributed by atoms with van der Waals surface area (Å²) in [5.74, 6) is -0.503. The highest BCUT2D eigenvalue weighted by atomic mass is 16.6. The van der Waals surface area contributed by atoms with Gasteiger partial charge in [0.05, 0.1) is 16.3 Å². The number of rotatable bonds is 7. The summed E-state index contributed by atoms with van der Waals surface area (Å²) in [4.78, 5) is 37.0. The van der Waals surface area contributed by atoms with E-state index in [2.05, 4.69) is 20.6 Å². The molecule has 1 unspecified atom stereocenters. The van der Waals surface area contributed by atoms with Crippen LogP contribution in [0, 0.1) is 10.1 Å². The van der Waals surface area contributed by atoms with E-state index in [9.17, 15) is 14.9 Å². The van der Waals surface area contributed by atoms with Crippen LogP contribution in [0.5, 0.6) is 0 Å². The number of aromatic nitrogens is 2. The minimum absolute atomic E-state index is 0.0723. The van der Waals surface area contributed by atoms with Crippen molar-refractivity contribution in [1.29, 1.82) is 0 Å². The van der Waals surface area contributed by atoms with E-state index in [1.807, 2.05) is 54.6 Å². The Kier molecular flexibility index (Phi) is 5.96. The Bertz CT molecular complexity index is 1410. The normalized spacial score (nSPS) is 14.8. The molecule has 0 saturated carbocycles. The lowest BCUT2D eigenvalue weighted by Crippen LogP contribution is -2.22. The van der Waals surface area contributed by atoms with Crippen LogP contribution in [0.1, 0.15) is 22.6 Å². The lowest BCUT2D eigenvalue weighted by atomic mass is 9.90. The highest BCUT2D eigenvalue weighted by Gasteiger charge is 2.36. The fourth-order valence-corrected chi connectivity index (χ4v) is 3.94. The molecular formula is C26H20N6O3. The maximum atomic E-state index is 13.0. The van der Waals surface area contributed by atoms with Crippen LogP contribution < -0.4 is 10.6 Å². The van der Waals surface area contributed by atoms with Crippen LogP contribution in [0.25, 0.3) is 0 Å². The number of fused-ring (bicyclic) bond motifs is 1. The third kappa shape index (κ3) is 4.74. The zero-order valence-corrected chi connectivity index (χ0v) is 18.5. The summed E-state index contributed by atoms with van der Waals surface area (Å²) in [5.41, 5.74) is 3.98. The first-order valence-corrected chi connectivity index (χ1v) is 10.9. The summed E-state index contributed by atoms with van der Waals surface area (Å²) in [6, 6.07) is 23.1. The fraction of sp³-hybridized carbons (Fsp3) is 0.0769. The molecule has 1 amide bonds. The number of nitro groups is 1. The molecule has 9 heteroatoms. The Balaban J connectivity index is 1.48. The molecule has 0 fully saturated rings. The van der Waals surface area contributed by atoms with Gasteiger partial charge in [-0.05, 0) is 35.4 Å². The van der Waals surface area contributed by atoms with E-state index in [1.165, 1.54) is 12.1 Å². The Morgan fingerprint density at radius 1 is 1.00 bits per heavy atom. The van der Waals surface area contributed by atoms with Gasteiger partial charge in [-0.3, -0.25) is 19.9 Å². The van der Waals surface area contributed by atoms with Crippen molar-refractivity contribution in [3.8, 4) is 0 Å². The molecule has 0 bridgehead atoms. The second kappa shape index (κ2) is 9.52. The summed E-state index contributed by atoms with van der Waals surface area (Å²) < 4.78 is 0. The summed E-state index contributed by atoms with van der Waals surface area (Å²) in [6.07, 6.45) is 3.34. The number of benzene rings is 3. The molecule has 35 heavy (non-hydrogen) atoms. The number of nitrogens with zero attached hydrogens (tertiary/aromatic N) is 4. The molecule has 2 heterocycles. The van der Waals surface area contributed by atoms with Gasteiger partial charge < -0.3 is 10.6 Å².